The van der Waals surface area contributed by atoms with Crippen LogP contribution < -0.4 is 5.32 Å². The summed E-state index contributed by atoms with van der Waals surface area (Å²) in [5, 5.41) is 3.52. The van der Waals surface area contributed by atoms with Gasteiger partial charge in [0.2, 0.25) is 0 Å². The topological polar surface area (TPSA) is 37.8 Å². The van der Waals surface area contributed by atoms with E-state index in [1.807, 2.05) is 42.7 Å². The van der Waals surface area contributed by atoms with E-state index in [0.29, 0.717) is 6.04 Å². The van der Waals surface area contributed by atoms with Gasteiger partial charge in [0, 0.05) is 11.6 Å². The van der Waals surface area contributed by atoms with Crippen molar-refractivity contribution in [2.45, 2.75) is 32.2 Å². The maximum atomic E-state index is 4.44. The molecule has 3 heteroatoms. The van der Waals surface area contributed by atoms with Crippen molar-refractivity contribution in [1.29, 1.82) is 0 Å². The minimum Gasteiger partial charge on any atom is -0.380 e. The fourth-order valence-corrected chi connectivity index (χ4v) is 2.71. The van der Waals surface area contributed by atoms with Crippen LogP contribution in [-0.4, -0.2) is 16.0 Å². The second-order valence-corrected chi connectivity index (χ2v) is 5.42. The third-order valence-electron chi connectivity index (χ3n) is 3.75. The van der Waals surface area contributed by atoms with Crippen molar-refractivity contribution in [2.24, 2.45) is 5.92 Å². The highest BCUT2D eigenvalue weighted by molar-refractivity contribution is 5.55. The Hall–Kier alpha value is -1.90. The van der Waals surface area contributed by atoms with Crippen LogP contribution in [0, 0.1) is 5.92 Å². The third kappa shape index (κ3) is 2.92. The van der Waals surface area contributed by atoms with Gasteiger partial charge in [0.05, 0.1) is 18.1 Å². The molecule has 0 saturated heterocycles. The van der Waals surface area contributed by atoms with Gasteiger partial charge in [-0.3, -0.25) is 0 Å². The van der Waals surface area contributed by atoms with E-state index in [1.165, 1.54) is 19.3 Å². The van der Waals surface area contributed by atoms with Gasteiger partial charge in [-0.05, 0) is 25.2 Å². The molecule has 98 valence electrons. The minimum atomic E-state index is 0.584. The standard InChI is InChI=1S/C16H19N3/c1-12-7-8-14(9-12)19-15-10-17-16(18-11-15)13-5-3-2-4-6-13/h2-6,10-12,14,19H,7-9H2,1H3. The lowest BCUT2D eigenvalue weighted by atomic mass is 10.1. The van der Waals surface area contributed by atoms with Crippen LogP contribution in [0.3, 0.4) is 0 Å². The Morgan fingerprint density at radius 1 is 1.05 bits per heavy atom. The molecule has 2 aromatic rings. The fourth-order valence-electron chi connectivity index (χ4n) is 2.71. The largest absolute Gasteiger partial charge is 0.380 e. The zero-order valence-corrected chi connectivity index (χ0v) is 11.2. The molecule has 1 heterocycles. The fraction of sp³-hybridized carbons (Fsp3) is 0.375. The number of hydrogen-bond donors (Lipinski definition) is 1. The number of nitrogens with zero attached hydrogens (tertiary/aromatic N) is 2. The van der Waals surface area contributed by atoms with Crippen LogP contribution in [-0.2, 0) is 0 Å². The zero-order chi connectivity index (χ0) is 13.1. The second kappa shape index (κ2) is 5.39. The van der Waals surface area contributed by atoms with Gasteiger partial charge in [0.15, 0.2) is 5.82 Å². The number of aromatic nitrogens is 2. The van der Waals surface area contributed by atoms with Gasteiger partial charge >= 0.3 is 0 Å². The van der Waals surface area contributed by atoms with Crippen molar-refractivity contribution in [3.8, 4) is 11.4 Å². The van der Waals surface area contributed by atoms with Gasteiger partial charge in [0.25, 0.3) is 0 Å². The van der Waals surface area contributed by atoms with Crippen LogP contribution in [0.15, 0.2) is 42.7 Å². The van der Waals surface area contributed by atoms with Crippen molar-refractivity contribution in [3.05, 3.63) is 42.7 Å². The molecule has 3 nitrogen and oxygen atoms in total. The molecule has 1 aliphatic rings. The predicted molar refractivity (Wildman–Crippen MR) is 77.9 cm³/mol. The Labute approximate surface area is 114 Å². The lowest BCUT2D eigenvalue weighted by Gasteiger charge is -2.13. The normalized spacial score (nSPS) is 22.4. The van der Waals surface area contributed by atoms with Gasteiger partial charge in [-0.1, -0.05) is 37.3 Å². The molecule has 3 rings (SSSR count). The molecule has 0 aliphatic heterocycles. The van der Waals surface area contributed by atoms with E-state index < -0.39 is 0 Å². The molecule has 1 aromatic heterocycles. The summed E-state index contributed by atoms with van der Waals surface area (Å²) < 4.78 is 0. The summed E-state index contributed by atoms with van der Waals surface area (Å²) in [5.74, 6) is 1.62. The number of benzene rings is 1. The molecule has 1 aromatic carbocycles. The molecule has 2 unspecified atom stereocenters. The molecule has 2 atom stereocenters. The summed E-state index contributed by atoms with van der Waals surface area (Å²) in [6.07, 6.45) is 7.60. The van der Waals surface area contributed by atoms with E-state index in [2.05, 4.69) is 22.2 Å². The van der Waals surface area contributed by atoms with E-state index in [1.54, 1.807) is 0 Å². The van der Waals surface area contributed by atoms with E-state index in [-0.39, 0.29) is 0 Å². The first-order chi connectivity index (χ1) is 9.31. The highest BCUT2D eigenvalue weighted by Crippen LogP contribution is 2.27. The molecular weight excluding hydrogens is 234 g/mol. The summed E-state index contributed by atoms with van der Waals surface area (Å²) >= 11 is 0. The Bertz CT molecular complexity index is 521. The molecule has 19 heavy (non-hydrogen) atoms. The first-order valence-corrected chi connectivity index (χ1v) is 6.95. The van der Waals surface area contributed by atoms with E-state index >= 15 is 0 Å². The molecule has 0 spiro atoms. The summed E-state index contributed by atoms with van der Waals surface area (Å²) in [6.45, 7) is 2.32. The molecule has 0 bridgehead atoms. The van der Waals surface area contributed by atoms with Crippen LogP contribution >= 0.6 is 0 Å². The highest BCUT2D eigenvalue weighted by atomic mass is 15.0. The van der Waals surface area contributed by atoms with Gasteiger partial charge in [-0.2, -0.15) is 0 Å². The van der Waals surface area contributed by atoms with Crippen molar-refractivity contribution in [2.75, 3.05) is 5.32 Å². The predicted octanol–water partition coefficient (Wildman–Crippen LogP) is 3.74. The Balaban J connectivity index is 1.69. The quantitative estimate of drug-likeness (QED) is 0.905. The minimum absolute atomic E-state index is 0.584. The maximum Gasteiger partial charge on any atom is 0.159 e. The van der Waals surface area contributed by atoms with Gasteiger partial charge in [-0.25, -0.2) is 9.97 Å². The molecule has 1 fully saturated rings. The Morgan fingerprint density at radius 2 is 1.79 bits per heavy atom. The number of hydrogen-bond acceptors (Lipinski definition) is 3. The highest BCUT2D eigenvalue weighted by Gasteiger charge is 2.20. The van der Waals surface area contributed by atoms with E-state index in [4.69, 9.17) is 0 Å². The number of anilines is 1. The second-order valence-electron chi connectivity index (χ2n) is 5.42. The lowest BCUT2D eigenvalue weighted by Crippen LogP contribution is -2.15. The zero-order valence-electron chi connectivity index (χ0n) is 11.2. The first-order valence-electron chi connectivity index (χ1n) is 6.95. The lowest BCUT2D eigenvalue weighted by molar-refractivity contribution is 0.602. The van der Waals surface area contributed by atoms with Crippen LogP contribution in [0.2, 0.25) is 0 Å². The molecule has 1 N–H and O–H groups in total. The van der Waals surface area contributed by atoms with Crippen molar-refractivity contribution >= 4 is 5.69 Å². The average molecular weight is 253 g/mol. The molecule has 0 radical (unpaired) electrons. The molecule has 0 amide bonds. The third-order valence-corrected chi connectivity index (χ3v) is 3.75. The van der Waals surface area contributed by atoms with E-state index in [9.17, 15) is 0 Å². The van der Waals surface area contributed by atoms with Crippen molar-refractivity contribution < 1.29 is 0 Å². The van der Waals surface area contributed by atoms with Crippen LogP contribution in [0.5, 0.6) is 0 Å². The molecule has 1 saturated carbocycles. The SMILES string of the molecule is CC1CCC(Nc2cnc(-c3ccccc3)nc2)C1. The van der Waals surface area contributed by atoms with Crippen LogP contribution in [0.4, 0.5) is 5.69 Å². The molecular formula is C16H19N3. The van der Waals surface area contributed by atoms with Gasteiger partial charge in [-0.15, -0.1) is 0 Å². The Morgan fingerprint density at radius 3 is 2.42 bits per heavy atom. The smallest absolute Gasteiger partial charge is 0.159 e. The van der Waals surface area contributed by atoms with Crippen molar-refractivity contribution in [3.63, 3.8) is 0 Å². The monoisotopic (exact) mass is 253 g/mol. The Kier molecular flexibility index (Phi) is 3.45. The maximum absolute atomic E-state index is 4.44. The number of rotatable bonds is 3. The van der Waals surface area contributed by atoms with Crippen molar-refractivity contribution in [1.82, 2.24) is 9.97 Å². The van der Waals surface area contributed by atoms with Gasteiger partial charge < -0.3 is 5.32 Å². The van der Waals surface area contributed by atoms with Crippen LogP contribution in [0.1, 0.15) is 26.2 Å². The average Bonchev–Trinajstić information content (AvgIpc) is 2.86. The summed E-state index contributed by atoms with van der Waals surface area (Å²) in [5.41, 5.74) is 2.09. The summed E-state index contributed by atoms with van der Waals surface area (Å²) in [7, 11) is 0. The summed E-state index contributed by atoms with van der Waals surface area (Å²) in [6, 6.07) is 10.7. The van der Waals surface area contributed by atoms with E-state index in [0.717, 1.165) is 23.0 Å². The van der Waals surface area contributed by atoms with Gasteiger partial charge in [0.1, 0.15) is 0 Å². The van der Waals surface area contributed by atoms with Crippen LogP contribution in [0.25, 0.3) is 11.4 Å². The summed E-state index contributed by atoms with van der Waals surface area (Å²) in [4.78, 5) is 8.87. The first kappa shape index (κ1) is 12.2. The number of nitrogens with one attached hydrogen (secondary N) is 1. The molecule has 1 aliphatic carbocycles.